The SMILES string of the molecule is C=CC(=O)OCCCCOC(=O)c1ccc(C=O)cc1C1=c2cc3c4c(c2Oc2c1cc1c5c2CCCN5CCC1)CCC[N+]=4CCC3. The third-order valence-electron chi connectivity index (χ3n) is 10.5. The molecule has 48 heavy (non-hydrogen) atoms. The summed E-state index contributed by atoms with van der Waals surface area (Å²) < 4.78 is 20.6. The van der Waals surface area contributed by atoms with E-state index < -0.39 is 11.9 Å². The fraction of sp³-hybridized carbons (Fsp3) is 0.400. The zero-order valence-electron chi connectivity index (χ0n) is 27.4. The minimum absolute atomic E-state index is 0.186. The lowest BCUT2D eigenvalue weighted by atomic mass is 9.81. The van der Waals surface area contributed by atoms with Crippen molar-refractivity contribution in [3.05, 3.63) is 98.1 Å². The highest BCUT2D eigenvalue weighted by molar-refractivity contribution is 6.01. The number of hydrogen-bond donors (Lipinski definition) is 0. The quantitative estimate of drug-likeness (QED) is 0.0865. The highest BCUT2D eigenvalue weighted by Crippen LogP contribution is 2.48. The Labute approximate surface area is 280 Å². The molecule has 0 atom stereocenters. The van der Waals surface area contributed by atoms with E-state index in [0.717, 1.165) is 118 Å². The molecule has 0 amide bonds. The molecule has 5 aliphatic rings. The number of unbranched alkanes of at least 4 members (excludes halogenated alkanes) is 1. The Bertz CT molecular complexity index is 2000. The van der Waals surface area contributed by atoms with E-state index in [0.29, 0.717) is 29.5 Å². The highest BCUT2D eigenvalue weighted by atomic mass is 16.5. The Hall–Kier alpha value is -4.72. The number of aldehydes is 1. The van der Waals surface area contributed by atoms with Gasteiger partial charge >= 0.3 is 11.9 Å². The van der Waals surface area contributed by atoms with Gasteiger partial charge in [0.15, 0.2) is 0 Å². The maximum Gasteiger partial charge on any atom is 0.338 e. The Kier molecular flexibility index (Phi) is 8.11. The number of anilines is 1. The molecule has 0 bridgehead atoms. The molecule has 246 valence electrons. The van der Waals surface area contributed by atoms with Crippen molar-refractivity contribution in [2.75, 3.05) is 44.3 Å². The van der Waals surface area contributed by atoms with Crippen LogP contribution in [0.2, 0.25) is 0 Å². The first-order valence-electron chi connectivity index (χ1n) is 17.5. The number of hydrogen-bond acceptors (Lipinski definition) is 7. The van der Waals surface area contributed by atoms with Gasteiger partial charge in [-0.05, 0) is 86.8 Å². The summed E-state index contributed by atoms with van der Waals surface area (Å²) in [6, 6.07) is 9.86. The number of aryl methyl sites for hydroxylation is 2. The third-order valence-corrected chi connectivity index (χ3v) is 10.5. The Morgan fingerprint density at radius 1 is 0.854 bits per heavy atom. The first kappa shape index (κ1) is 30.6. The van der Waals surface area contributed by atoms with E-state index >= 15 is 0 Å². The average molecular weight is 646 g/mol. The molecule has 0 radical (unpaired) electrons. The zero-order valence-corrected chi connectivity index (χ0v) is 27.4. The van der Waals surface area contributed by atoms with Crippen molar-refractivity contribution in [1.29, 1.82) is 0 Å². The second-order valence-electron chi connectivity index (χ2n) is 13.5. The topological polar surface area (TPSA) is 85.2 Å². The summed E-state index contributed by atoms with van der Waals surface area (Å²) >= 11 is 0. The van der Waals surface area contributed by atoms with E-state index in [1.807, 2.05) is 6.07 Å². The first-order chi connectivity index (χ1) is 23.6. The van der Waals surface area contributed by atoms with Gasteiger partial charge in [-0.15, -0.1) is 0 Å². The fourth-order valence-electron chi connectivity index (χ4n) is 8.50. The molecule has 0 saturated heterocycles. The molecule has 0 unspecified atom stereocenters. The molecule has 0 fully saturated rings. The van der Waals surface area contributed by atoms with Gasteiger partial charge < -0.3 is 19.1 Å². The van der Waals surface area contributed by atoms with Crippen LogP contribution in [0.3, 0.4) is 0 Å². The number of benzene rings is 3. The minimum atomic E-state index is -0.466. The van der Waals surface area contributed by atoms with Gasteiger partial charge in [-0.25, -0.2) is 14.2 Å². The van der Waals surface area contributed by atoms with Gasteiger partial charge in [0.05, 0.1) is 24.3 Å². The number of nitrogens with zero attached hydrogens (tertiary/aromatic N) is 2. The van der Waals surface area contributed by atoms with Gasteiger partial charge in [-0.3, -0.25) is 4.79 Å². The standard InChI is InChI=1S/C40H41N2O6/c1-2-34(44)46-19-3-4-20-47-40(45)28-14-13-25(24-43)21-31(28)35-32-22-26-9-5-15-41-17-7-11-29(36(26)41)38(32)48-39-30-12-8-18-42-16-6-10-27(37(30)42)23-33(35)39/h2,13-14,21-24H,1,3-12,15-20H2/q+1. The van der Waals surface area contributed by atoms with Crippen LogP contribution in [-0.2, 0) is 40.0 Å². The molecule has 8 rings (SSSR count). The number of rotatable bonds is 9. The van der Waals surface area contributed by atoms with E-state index in [1.165, 1.54) is 33.3 Å². The van der Waals surface area contributed by atoms with Crippen LogP contribution in [0, 0.1) is 0 Å². The maximum absolute atomic E-state index is 13.9. The molecule has 5 heterocycles. The predicted octanol–water partition coefficient (Wildman–Crippen LogP) is 4.60. The van der Waals surface area contributed by atoms with Crippen molar-refractivity contribution < 1.29 is 28.6 Å². The summed E-state index contributed by atoms with van der Waals surface area (Å²) in [6.07, 6.45) is 11.3. The summed E-state index contributed by atoms with van der Waals surface area (Å²) in [5.41, 5.74) is 10.1. The number of carbonyl (C=O) groups is 3. The van der Waals surface area contributed by atoms with Gasteiger partial charge in [0.1, 0.15) is 30.9 Å². The number of esters is 2. The van der Waals surface area contributed by atoms with Crippen molar-refractivity contribution in [1.82, 2.24) is 4.58 Å². The molecule has 0 aromatic heterocycles. The van der Waals surface area contributed by atoms with Gasteiger partial charge in [0, 0.05) is 70.7 Å². The lowest BCUT2D eigenvalue weighted by molar-refractivity contribution is -0.137. The Morgan fingerprint density at radius 2 is 1.60 bits per heavy atom. The van der Waals surface area contributed by atoms with E-state index in [1.54, 1.807) is 12.1 Å². The Morgan fingerprint density at radius 3 is 2.42 bits per heavy atom. The summed E-state index contributed by atoms with van der Waals surface area (Å²) in [7, 11) is 0. The lowest BCUT2D eigenvalue weighted by Gasteiger charge is -2.39. The lowest BCUT2D eigenvalue weighted by Crippen LogP contribution is -2.45. The van der Waals surface area contributed by atoms with Crippen molar-refractivity contribution in [2.45, 2.75) is 64.2 Å². The van der Waals surface area contributed by atoms with Crippen LogP contribution in [0.1, 0.15) is 92.6 Å². The fourth-order valence-corrected chi connectivity index (χ4v) is 8.50. The number of ether oxygens (including phenoxy) is 3. The second kappa shape index (κ2) is 12.7. The monoisotopic (exact) mass is 645 g/mol. The average Bonchev–Trinajstić information content (AvgIpc) is 3.12. The predicted molar refractivity (Wildman–Crippen MR) is 183 cm³/mol. The van der Waals surface area contributed by atoms with E-state index in [4.69, 9.17) is 14.2 Å². The molecule has 0 aliphatic carbocycles. The normalized spacial score (nSPS) is 16.9. The molecule has 8 nitrogen and oxygen atoms in total. The van der Waals surface area contributed by atoms with Crippen molar-refractivity contribution in [3.63, 3.8) is 0 Å². The van der Waals surface area contributed by atoms with Crippen molar-refractivity contribution in [3.8, 4) is 11.5 Å². The molecule has 0 spiro atoms. The summed E-state index contributed by atoms with van der Waals surface area (Å²) in [5, 5.41) is 2.33. The molecule has 0 saturated carbocycles. The smallest absolute Gasteiger partial charge is 0.338 e. The zero-order chi connectivity index (χ0) is 32.8. The van der Waals surface area contributed by atoms with Crippen LogP contribution in [0.4, 0.5) is 5.69 Å². The van der Waals surface area contributed by atoms with Crippen LogP contribution in [0.25, 0.3) is 5.57 Å². The summed E-state index contributed by atoms with van der Waals surface area (Å²) in [5.74, 6) is 0.893. The van der Waals surface area contributed by atoms with Gasteiger partial charge in [0.25, 0.3) is 0 Å². The van der Waals surface area contributed by atoms with E-state index in [2.05, 4.69) is 28.2 Å². The Balaban J connectivity index is 1.31. The molecule has 5 aliphatic heterocycles. The van der Waals surface area contributed by atoms with Gasteiger partial charge in [0.2, 0.25) is 5.36 Å². The van der Waals surface area contributed by atoms with Gasteiger partial charge in [-0.1, -0.05) is 12.6 Å². The molecular weight excluding hydrogens is 604 g/mol. The van der Waals surface area contributed by atoms with Crippen LogP contribution in [-0.4, -0.2) is 57.6 Å². The van der Waals surface area contributed by atoms with Crippen LogP contribution in [0.15, 0.2) is 43.0 Å². The van der Waals surface area contributed by atoms with E-state index in [-0.39, 0.29) is 13.2 Å². The van der Waals surface area contributed by atoms with Crippen LogP contribution in [0.5, 0.6) is 11.5 Å². The molecule has 0 N–H and O–H groups in total. The summed E-state index contributed by atoms with van der Waals surface area (Å²) in [6.45, 7) is 8.09. The van der Waals surface area contributed by atoms with Crippen molar-refractivity contribution >= 4 is 29.5 Å². The molecule has 8 heteroatoms. The number of carbonyl (C=O) groups excluding carboxylic acids is 3. The second-order valence-corrected chi connectivity index (χ2v) is 13.5. The highest BCUT2D eigenvalue weighted by Gasteiger charge is 2.36. The molecule has 3 aromatic carbocycles. The van der Waals surface area contributed by atoms with Crippen LogP contribution < -0.4 is 24.8 Å². The van der Waals surface area contributed by atoms with Crippen LogP contribution >= 0.6 is 0 Å². The largest absolute Gasteiger partial charge is 0.463 e. The summed E-state index contributed by atoms with van der Waals surface area (Å²) in [4.78, 5) is 40.0. The van der Waals surface area contributed by atoms with Crippen molar-refractivity contribution in [2.24, 2.45) is 0 Å². The van der Waals surface area contributed by atoms with Gasteiger partial charge in [-0.2, -0.15) is 0 Å². The maximum atomic E-state index is 13.9. The number of fused-ring (bicyclic) bond motifs is 4. The minimum Gasteiger partial charge on any atom is -0.463 e. The van der Waals surface area contributed by atoms with E-state index in [9.17, 15) is 14.4 Å². The molecular formula is C40H41N2O6+. The third kappa shape index (κ3) is 5.22. The molecule has 3 aromatic rings. The first-order valence-corrected chi connectivity index (χ1v) is 17.5.